The van der Waals surface area contributed by atoms with Gasteiger partial charge in [0.15, 0.2) is 0 Å². The van der Waals surface area contributed by atoms with Gasteiger partial charge in [0.2, 0.25) is 0 Å². The second-order valence-corrected chi connectivity index (χ2v) is 7.50. The van der Waals surface area contributed by atoms with Gasteiger partial charge in [-0.05, 0) is 36.2 Å². The summed E-state index contributed by atoms with van der Waals surface area (Å²) in [6, 6.07) is 11.8. The fourth-order valence-electron chi connectivity index (χ4n) is 4.19. The van der Waals surface area contributed by atoms with Crippen molar-refractivity contribution >= 4 is 17.4 Å². The van der Waals surface area contributed by atoms with Crippen LogP contribution in [0.4, 0.5) is 0 Å². The number of amides is 1. The van der Waals surface area contributed by atoms with Crippen LogP contribution in [0.15, 0.2) is 48.0 Å². The highest BCUT2D eigenvalue weighted by Gasteiger charge is 2.46. The number of fused-ring (bicyclic) bond motifs is 1. The molecule has 1 N–H and O–H groups in total. The molecule has 7 nitrogen and oxygen atoms in total. The first-order valence-corrected chi connectivity index (χ1v) is 10.2. The van der Waals surface area contributed by atoms with Crippen LogP contribution in [0, 0.1) is 0 Å². The van der Waals surface area contributed by atoms with Gasteiger partial charge in [0.25, 0.3) is 11.7 Å². The summed E-state index contributed by atoms with van der Waals surface area (Å²) in [5, 5.41) is 11.2. The van der Waals surface area contributed by atoms with Crippen LogP contribution < -0.4 is 9.47 Å². The van der Waals surface area contributed by atoms with Crippen molar-refractivity contribution in [1.82, 2.24) is 4.90 Å². The number of aliphatic hydroxyl groups is 1. The molecular formula is C24H25NO6. The Labute approximate surface area is 180 Å². The van der Waals surface area contributed by atoms with Crippen molar-refractivity contribution in [2.24, 2.45) is 0 Å². The zero-order valence-electron chi connectivity index (χ0n) is 17.6. The van der Waals surface area contributed by atoms with Crippen LogP contribution in [-0.4, -0.2) is 55.7 Å². The van der Waals surface area contributed by atoms with Gasteiger partial charge in [0, 0.05) is 37.8 Å². The second kappa shape index (κ2) is 8.81. The summed E-state index contributed by atoms with van der Waals surface area (Å²) >= 11 is 0. The van der Waals surface area contributed by atoms with Gasteiger partial charge in [0.1, 0.15) is 17.3 Å². The van der Waals surface area contributed by atoms with Crippen molar-refractivity contribution in [2.45, 2.75) is 18.9 Å². The van der Waals surface area contributed by atoms with E-state index in [1.807, 2.05) is 24.3 Å². The number of hydrogen-bond donors (Lipinski definition) is 1. The first-order valence-electron chi connectivity index (χ1n) is 10.2. The zero-order chi connectivity index (χ0) is 22.0. The highest BCUT2D eigenvalue weighted by molar-refractivity contribution is 6.46. The summed E-state index contributed by atoms with van der Waals surface area (Å²) in [4.78, 5) is 27.5. The SMILES string of the molecule is COCCCN1C(=O)C(=O)/C(=C(/O)c2ccc3c(c2)CCO3)C1c1ccccc1OC. The molecule has 0 aromatic heterocycles. The van der Waals surface area contributed by atoms with Gasteiger partial charge in [-0.15, -0.1) is 0 Å². The summed E-state index contributed by atoms with van der Waals surface area (Å²) in [6.07, 6.45) is 1.29. The summed E-state index contributed by atoms with van der Waals surface area (Å²) in [6.45, 7) is 1.35. The van der Waals surface area contributed by atoms with E-state index in [0.29, 0.717) is 43.1 Å². The van der Waals surface area contributed by atoms with Gasteiger partial charge in [0.05, 0.1) is 25.3 Å². The number of carbonyl (C=O) groups is 2. The molecule has 1 amide bonds. The van der Waals surface area contributed by atoms with Crippen molar-refractivity contribution in [2.75, 3.05) is 34.0 Å². The lowest BCUT2D eigenvalue weighted by Crippen LogP contribution is -2.31. The Balaban J connectivity index is 1.84. The molecule has 0 spiro atoms. The number of rotatable bonds is 7. The number of aliphatic hydroxyl groups excluding tert-OH is 1. The largest absolute Gasteiger partial charge is 0.507 e. The van der Waals surface area contributed by atoms with Gasteiger partial charge in [-0.25, -0.2) is 0 Å². The van der Waals surface area contributed by atoms with Gasteiger partial charge >= 0.3 is 0 Å². The maximum absolute atomic E-state index is 13.1. The Morgan fingerprint density at radius 2 is 2.00 bits per heavy atom. The number of benzene rings is 2. The fourth-order valence-corrected chi connectivity index (χ4v) is 4.19. The zero-order valence-corrected chi connectivity index (χ0v) is 17.6. The second-order valence-electron chi connectivity index (χ2n) is 7.50. The molecule has 1 fully saturated rings. The number of hydrogen-bond acceptors (Lipinski definition) is 6. The molecule has 0 aliphatic carbocycles. The average Bonchev–Trinajstić information content (AvgIpc) is 3.36. The van der Waals surface area contributed by atoms with E-state index in [1.165, 1.54) is 12.0 Å². The molecule has 31 heavy (non-hydrogen) atoms. The highest BCUT2D eigenvalue weighted by atomic mass is 16.5. The number of Topliss-reactive ketones (excluding diaryl/α,β-unsaturated/α-hetero) is 1. The number of carbonyl (C=O) groups excluding carboxylic acids is 2. The molecule has 2 heterocycles. The lowest BCUT2D eigenvalue weighted by Gasteiger charge is -2.26. The molecular weight excluding hydrogens is 398 g/mol. The molecule has 0 radical (unpaired) electrons. The lowest BCUT2D eigenvalue weighted by atomic mass is 9.94. The van der Waals surface area contributed by atoms with Crippen molar-refractivity contribution in [3.63, 3.8) is 0 Å². The number of methoxy groups -OCH3 is 2. The van der Waals surface area contributed by atoms with E-state index in [9.17, 15) is 14.7 Å². The molecule has 1 unspecified atom stereocenters. The van der Waals surface area contributed by atoms with Crippen LogP contribution in [0.5, 0.6) is 11.5 Å². The first kappa shape index (κ1) is 20.9. The first-order chi connectivity index (χ1) is 15.1. The molecule has 162 valence electrons. The summed E-state index contributed by atoms with van der Waals surface area (Å²) < 4.78 is 16.2. The van der Waals surface area contributed by atoms with Crippen LogP contribution in [0.2, 0.25) is 0 Å². The van der Waals surface area contributed by atoms with E-state index in [4.69, 9.17) is 14.2 Å². The van der Waals surface area contributed by atoms with Gasteiger partial charge in [-0.1, -0.05) is 18.2 Å². The Morgan fingerprint density at radius 1 is 1.19 bits per heavy atom. The van der Waals surface area contributed by atoms with E-state index >= 15 is 0 Å². The van der Waals surface area contributed by atoms with Crippen molar-refractivity contribution in [3.8, 4) is 11.5 Å². The molecule has 2 aliphatic rings. The molecule has 2 aromatic rings. The predicted octanol–water partition coefficient (Wildman–Crippen LogP) is 3.09. The van der Waals surface area contributed by atoms with Crippen molar-refractivity contribution in [1.29, 1.82) is 0 Å². The standard InChI is InChI=1S/C24H25NO6/c1-29-12-5-11-25-21(17-6-3-4-7-19(17)30-2)20(23(27)24(25)28)22(26)16-8-9-18-15(14-16)10-13-31-18/h3-4,6-9,14,21,26H,5,10-13H2,1-2H3/b22-20+. The average molecular weight is 423 g/mol. The molecule has 2 aromatic carbocycles. The number of para-hydroxylation sites is 1. The quantitative estimate of drug-likeness (QED) is 0.319. The van der Waals surface area contributed by atoms with Gasteiger partial charge < -0.3 is 24.2 Å². The van der Waals surface area contributed by atoms with Crippen LogP contribution in [0.3, 0.4) is 0 Å². The third-order valence-corrected chi connectivity index (χ3v) is 5.68. The Bertz CT molecular complexity index is 1040. The fraction of sp³-hybridized carbons (Fsp3) is 0.333. The predicted molar refractivity (Wildman–Crippen MR) is 114 cm³/mol. The number of likely N-dealkylation sites (tertiary alicyclic amines) is 1. The van der Waals surface area contributed by atoms with E-state index in [-0.39, 0.29) is 11.3 Å². The Hall–Kier alpha value is -3.32. The molecule has 0 bridgehead atoms. The maximum atomic E-state index is 13.1. The molecule has 7 heteroatoms. The Morgan fingerprint density at radius 3 is 2.77 bits per heavy atom. The smallest absolute Gasteiger partial charge is 0.295 e. The summed E-state index contributed by atoms with van der Waals surface area (Å²) in [5.74, 6) is -0.226. The van der Waals surface area contributed by atoms with Crippen molar-refractivity contribution in [3.05, 3.63) is 64.7 Å². The molecule has 2 aliphatic heterocycles. The Kier molecular flexibility index (Phi) is 5.95. The third kappa shape index (κ3) is 3.77. The topological polar surface area (TPSA) is 85.3 Å². The molecule has 1 atom stereocenters. The minimum absolute atomic E-state index is 0.0609. The van der Waals surface area contributed by atoms with E-state index in [2.05, 4.69) is 0 Å². The van der Waals surface area contributed by atoms with E-state index in [0.717, 1.165) is 17.7 Å². The molecule has 4 rings (SSSR count). The normalized spacial score (nSPS) is 19.4. The number of ether oxygens (including phenoxy) is 3. The van der Waals surface area contributed by atoms with Crippen molar-refractivity contribution < 1.29 is 28.9 Å². The van der Waals surface area contributed by atoms with Gasteiger partial charge in [-0.2, -0.15) is 0 Å². The summed E-state index contributed by atoms with van der Waals surface area (Å²) in [7, 11) is 3.12. The monoisotopic (exact) mass is 423 g/mol. The minimum Gasteiger partial charge on any atom is -0.507 e. The highest BCUT2D eigenvalue weighted by Crippen LogP contribution is 2.43. The number of nitrogens with zero attached hydrogens (tertiary/aromatic N) is 1. The van der Waals surface area contributed by atoms with E-state index in [1.54, 1.807) is 25.3 Å². The van der Waals surface area contributed by atoms with Crippen LogP contribution in [0.25, 0.3) is 5.76 Å². The molecule has 1 saturated heterocycles. The minimum atomic E-state index is -0.752. The van der Waals surface area contributed by atoms with Crippen LogP contribution >= 0.6 is 0 Å². The third-order valence-electron chi connectivity index (χ3n) is 5.68. The summed E-state index contributed by atoms with van der Waals surface area (Å²) in [5.41, 5.74) is 2.16. The lowest BCUT2D eigenvalue weighted by molar-refractivity contribution is -0.140. The van der Waals surface area contributed by atoms with E-state index < -0.39 is 17.7 Å². The van der Waals surface area contributed by atoms with Crippen LogP contribution in [-0.2, 0) is 20.7 Å². The maximum Gasteiger partial charge on any atom is 0.295 e. The number of ketones is 1. The molecule has 0 saturated carbocycles. The van der Waals surface area contributed by atoms with Gasteiger partial charge in [-0.3, -0.25) is 9.59 Å². The van der Waals surface area contributed by atoms with Crippen LogP contribution in [0.1, 0.15) is 29.2 Å².